The fraction of sp³-hybridized carbons (Fsp3) is 0.273. The Kier molecular flexibility index (Phi) is 4.18. The van der Waals surface area contributed by atoms with E-state index in [0.29, 0.717) is 29.5 Å². The summed E-state index contributed by atoms with van der Waals surface area (Å²) in [4.78, 5) is 31.3. The molecule has 30 heavy (non-hydrogen) atoms. The number of nitrogens with zero attached hydrogens (tertiary/aromatic N) is 4. The lowest BCUT2D eigenvalue weighted by atomic mass is 9.79. The zero-order valence-electron chi connectivity index (χ0n) is 16.3. The summed E-state index contributed by atoms with van der Waals surface area (Å²) in [6.07, 6.45) is 5.37. The molecule has 0 radical (unpaired) electrons. The molecule has 3 aromatic rings. The summed E-state index contributed by atoms with van der Waals surface area (Å²) in [7, 11) is 0. The van der Waals surface area contributed by atoms with Crippen LogP contribution in [0.2, 0.25) is 5.15 Å². The molecule has 7 nitrogen and oxygen atoms in total. The second-order valence-corrected chi connectivity index (χ2v) is 8.22. The van der Waals surface area contributed by atoms with Gasteiger partial charge in [-0.05, 0) is 48.6 Å². The maximum Gasteiger partial charge on any atom is 0.335 e. The van der Waals surface area contributed by atoms with Gasteiger partial charge >= 0.3 is 5.97 Å². The number of aryl methyl sites for hydroxylation is 1. The number of halogens is 1. The number of pyridine rings is 1. The molecule has 0 bridgehead atoms. The lowest BCUT2D eigenvalue weighted by Crippen LogP contribution is -2.39. The van der Waals surface area contributed by atoms with E-state index in [1.54, 1.807) is 34.0 Å². The van der Waals surface area contributed by atoms with Crippen molar-refractivity contribution < 1.29 is 14.7 Å². The van der Waals surface area contributed by atoms with E-state index in [-0.39, 0.29) is 11.5 Å². The van der Waals surface area contributed by atoms with E-state index >= 15 is 0 Å². The van der Waals surface area contributed by atoms with E-state index < -0.39 is 11.4 Å². The van der Waals surface area contributed by atoms with Crippen LogP contribution in [-0.2, 0) is 29.6 Å². The van der Waals surface area contributed by atoms with Gasteiger partial charge in [-0.2, -0.15) is 5.10 Å². The number of carboxylic acid groups (broad SMARTS) is 1. The normalized spacial score (nSPS) is 19.4. The van der Waals surface area contributed by atoms with Crippen LogP contribution in [0, 0.1) is 0 Å². The van der Waals surface area contributed by atoms with Crippen molar-refractivity contribution in [1.29, 1.82) is 0 Å². The molecule has 0 saturated heterocycles. The number of carbonyl (C=O) groups excluding carboxylic acids is 1. The van der Waals surface area contributed by atoms with Crippen LogP contribution in [0.3, 0.4) is 0 Å². The highest BCUT2D eigenvalue weighted by Crippen LogP contribution is 2.51. The average Bonchev–Trinajstić information content (AvgIpc) is 3.38. The van der Waals surface area contributed by atoms with Gasteiger partial charge in [0.2, 0.25) is 5.91 Å². The van der Waals surface area contributed by atoms with E-state index in [1.165, 1.54) is 0 Å². The quantitative estimate of drug-likeness (QED) is 0.647. The first-order valence-electron chi connectivity index (χ1n) is 9.82. The zero-order valence-corrected chi connectivity index (χ0v) is 17.1. The molecule has 152 valence electrons. The Morgan fingerprint density at radius 2 is 2.03 bits per heavy atom. The van der Waals surface area contributed by atoms with Crippen LogP contribution in [0.15, 0.2) is 42.7 Å². The van der Waals surface area contributed by atoms with E-state index in [1.807, 2.05) is 18.3 Å². The van der Waals surface area contributed by atoms with Gasteiger partial charge in [-0.25, -0.2) is 9.78 Å². The average molecular weight is 423 g/mol. The van der Waals surface area contributed by atoms with Crippen molar-refractivity contribution in [3.63, 3.8) is 0 Å². The lowest BCUT2D eigenvalue weighted by molar-refractivity contribution is -0.122. The predicted molar refractivity (Wildman–Crippen MR) is 111 cm³/mol. The molecule has 1 unspecified atom stereocenters. The highest BCUT2D eigenvalue weighted by atomic mass is 35.5. The Balaban J connectivity index is 1.62. The number of aromatic carboxylic acids is 1. The molecular formula is C22H19ClN4O3. The Bertz CT molecular complexity index is 1200. The molecule has 8 heteroatoms. The fourth-order valence-corrected chi connectivity index (χ4v) is 4.75. The number of hydrogen-bond donors (Lipinski definition) is 1. The minimum atomic E-state index is -0.977. The van der Waals surface area contributed by atoms with Gasteiger partial charge in [-0.3, -0.25) is 14.4 Å². The number of rotatable bonds is 4. The number of fused-ring (bicyclic) bond motifs is 3. The van der Waals surface area contributed by atoms with Gasteiger partial charge in [0.1, 0.15) is 11.0 Å². The van der Waals surface area contributed by atoms with Gasteiger partial charge in [0, 0.05) is 18.3 Å². The van der Waals surface area contributed by atoms with Crippen molar-refractivity contribution in [3.8, 4) is 0 Å². The highest BCUT2D eigenvalue weighted by molar-refractivity contribution is 6.29. The fourth-order valence-electron chi connectivity index (χ4n) is 4.60. The molecule has 2 aromatic heterocycles. The van der Waals surface area contributed by atoms with Gasteiger partial charge in [-0.1, -0.05) is 30.7 Å². The van der Waals surface area contributed by atoms with Crippen molar-refractivity contribution in [2.24, 2.45) is 0 Å². The van der Waals surface area contributed by atoms with Crippen LogP contribution in [0.4, 0.5) is 11.5 Å². The molecule has 1 N–H and O–H groups in total. The number of anilines is 2. The molecule has 0 saturated carbocycles. The van der Waals surface area contributed by atoms with Crippen molar-refractivity contribution in [3.05, 3.63) is 70.1 Å². The Hall–Kier alpha value is -3.19. The molecule has 1 spiro atoms. The van der Waals surface area contributed by atoms with Crippen LogP contribution in [0.25, 0.3) is 0 Å². The molecule has 1 atom stereocenters. The second kappa shape index (κ2) is 6.67. The molecule has 1 aromatic carbocycles. The van der Waals surface area contributed by atoms with E-state index in [0.717, 1.165) is 29.7 Å². The third kappa shape index (κ3) is 2.65. The number of hydrogen-bond acceptors (Lipinski definition) is 4. The largest absolute Gasteiger partial charge is 0.478 e. The van der Waals surface area contributed by atoms with Crippen molar-refractivity contribution in [2.45, 2.75) is 38.1 Å². The van der Waals surface area contributed by atoms with Crippen LogP contribution in [0.5, 0.6) is 0 Å². The summed E-state index contributed by atoms with van der Waals surface area (Å²) in [5.74, 6) is -0.540. The second-order valence-electron chi connectivity index (χ2n) is 7.83. The molecular weight excluding hydrogens is 404 g/mol. The lowest BCUT2D eigenvalue weighted by Gasteiger charge is -2.22. The molecule has 1 aliphatic heterocycles. The monoisotopic (exact) mass is 422 g/mol. The zero-order chi connectivity index (χ0) is 21.0. The van der Waals surface area contributed by atoms with Crippen LogP contribution < -0.4 is 4.90 Å². The predicted octanol–water partition coefficient (Wildman–Crippen LogP) is 3.75. The summed E-state index contributed by atoms with van der Waals surface area (Å²) in [6.45, 7) is 2.82. The minimum absolute atomic E-state index is 0.0867. The standard InChI is InChI=1S/C22H19ClN4O3/c1-2-7-26-12-16(11-24-26)27-19-17(5-6-18(23)25-19)22(21(27)30)9-14-4-3-13(20(28)29)8-15(14)10-22/h3-6,8,11-12H,2,7,9-10H2,1H3,(H,28,29). The van der Waals surface area contributed by atoms with Crippen molar-refractivity contribution in [2.75, 3.05) is 4.90 Å². The van der Waals surface area contributed by atoms with E-state index in [2.05, 4.69) is 17.0 Å². The maximum absolute atomic E-state index is 13.8. The number of carboxylic acids is 1. The number of amides is 1. The maximum atomic E-state index is 13.8. The molecule has 0 fully saturated rings. The Morgan fingerprint density at radius 3 is 2.80 bits per heavy atom. The number of carbonyl (C=O) groups is 2. The van der Waals surface area contributed by atoms with Gasteiger partial charge in [0.15, 0.2) is 0 Å². The SMILES string of the molecule is CCCn1cc(N2C(=O)C3(Cc4ccc(C(=O)O)cc4C3)c3ccc(Cl)nc32)cn1. The molecule has 1 amide bonds. The number of benzene rings is 1. The summed E-state index contributed by atoms with van der Waals surface area (Å²) >= 11 is 6.18. The molecule has 5 rings (SSSR count). The van der Waals surface area contributed by atoms with Gasteiger partial charge in [0.25, 0.3) is 0 Å². The van der Waals surface area contributed by atoms with Crippen LogP contribution in [-0.4, -0.2) is 31.7 Å². The highest BCUT2D eigenvalue weighted by Gasteiger charge is 2.55. The summed E-state index contributed by atoms with van der Waals surface area (Å²) < 4.78 is 1.81. The van der Waals surface area contributed by atoms with Crippen LogP contribution >= 0.6 is 11.6 Å². The van der Waals surface area contributed by atoms with Gasteiger partial charge in [-0.15, -0.1) is 0 Å². The summed E-state index contributed by atoms with van der Waals surface area (Å²) in [5, 5.41) is 14.0. The first kappa shape index (κ1) is 18.8. The van der Waals surface area contributed by atoms with Gasteiger partial charge < -0.3 is 5.11 Å². The topological polar surface area (TPSA) is 88.3 Å². The van der Waals surface area contributed by atoms with E-state index in [9.17, 15) is 14.7 Å². The van der Waals surface area contributed by atoms with Crippen molar-refractivity contribution in [1.82, 2.24) is 14.8 Å². The first-order chi connectivity index (χ1) is 14.4. The number of aromatic nitrogens is 3. The summed E-state index contributed by atoms with van der Waals surface area (Å²) in [6, 6.07) is 8.64. The Morgan fingerprint density at radius 1 is 1.23 bits per heavy atom. The smallest absolute Gasteiger partial charge is 0.335 e. The summed E-state index contributed by atoms with van der Waals surface area (Å²) in [5.41, 5.74) is 2.74. The van der Waals surface area contributed by atoms with Gasteiger partial charge in [0.05, 0.1) is 22.9 Å². The molecule has 2 aliphatic rings. The first-order valence-corrected chi connectivity index (χ1v) is 10.2. The third-order valence-electron chi connectivity index (χ3n) is 5.95. The van der Waals surface area contributed by atoms with E-state index in [4.69, 9.17) is 11.6 Å². The van der Waals surface area contributed by atoms with Crippen molar-refractivity contribution >= 4 is 35.0 Å². The molecule has 1 aliphatic carbocycles. The Labute approximate surface area is 177 Å². The van der Waals surface area contributed by atoms with Crippen LogP contribution in [0.1, 0.15) is 40.4 Å². The minimum Gasteiger partial charge on any atom is -0.478 e. The molecule has 3 heterocycles. The third-order valence-corrected chi connectivity index (χ3v) is 6.16.